The number of aromatic nitrogens is 2. The third-order valence-corrected chi connectivity index (χ3v) is 3.56. The summed E-state index contributed by atoms with van der Waals surface area (Å²) in [5, 5.41) is 12.2. The molecule has 0 fully saturated rings. The Morgan fingerprint density at radius 2 is 1.69 bits per heavy atom. The maximum Gasteiger partial charge on any atom is 0.490 e. The van der Waals surface area contributed by atoms with Gasteiger partial charge in [-0.25, -0.2) is 9.78 Å². The molecule has 0 saturated heterocycles. The fourth-order valence-electron chi connectivity index (χ4n) is 1.92. The first-order valence-corrected chi connectivity index (χ1v) is 8.13. The number of aryl methyl sites for hydroxylation is 1. The molecule has 1 aromatic carbocycles. The number of amides is 2. The highest BCUT2D eigenvalue weighted by molar-refractivity contribution is 5.94. The molecular formula is C17H20F3N5O4. The van der Waals surface area contributed by atoms with Crippen LogP contribution in [0.25, 0.3) is 5.69 Å². The van der Waals surface area contributed by atoms with E-state index in [4.69, 9.17) is 15.6 Å². The summed E-state index contributed by atoms with van der Waals surface area (Å²) in [5.41, 5.74) is 8.82. The molecule has 0 unspecified atom stereocenters. The molecular weight excluding hydrogens is 395 g/mol. The lowest BCUT2D eigenvalue weighted by molar-refractivity contribution is -0.192. The number of rotatable bonds is 5. The van der Waals surface area contributed by atoms with Crippen LogP contribution in [0.2, 0.25) is 0 Å². The second kappa shape index (κ2) is 10.2. The topological polar surface area (TPSA) is 139 Å². The van der Waals surface area contributed by atoms with E-state index >= 15 is 0 Å². The number of nitrogens with zero attached hydrogens (tertiary/aromatic N) is 2. The molecule has 0 bridgehead atoms. The molecule has 0 aliphatic carbocycles. The molecule has 0 aliphatic rings. The molecule has 1 heterocycles. The largest absolute Gasteiger partial charge is 0.490 e. The fourth-order valence-corrected chi connectivity index (χ4v) is 1.92. The van der Waals surface area contributed by atoms with Crippen LogP contribution in [0.5, 0.6) is 0 Å². The standard InChI is InChI=1S/C15H19N5O2.C2HF3O2/c1-10-11(2)20(9-18-10)13-5-3-12(4-6-13)19-15(22)8-17-14(21)7-16;3-2(4,5)1(6)7/h3-6,9H,7-8,16H2,1-2H3,(H,17,21)(H,19,22);(H,6,7). The predicted octanol–water partition coefficient (Wildman–Crippen LogP) is 1.14. The molecule has 29 heavy (non-hydrogen) atoms. The van der Waals surface area contributed by atoms with Crippen molar-refractivity contribution in [3.05, 3.63) is 42.0 Å². The predicted molar refractivity (Wildman–Crippen MR) is 97.4 cm³/mol. The normalized spacial score (nSPS) is 10.6. The van der Waals surface area contributed by atoms with Gasteiger partial charge in [-0.1, -0.05) is 0 Å². The molecule has 0 aliphatic heterocycles. The van der Waals surface area contributed by atoms with Crippen LogP contribution in [-0.2, 0) is 14.4 Å². The highest BCUT2D eigenvalue weighted by atomic mass is 19.4. The zero-order valence-electron chi connectivity index (χ0n) is 15.6. The third-order valence-electron chi connectivity index (χ3n) is 3.56. The van der Waals surface area contributed by atoms with Gasteiger partial charge in [0.2, 0.25) is 11.8 Å². The van der Waals surface area contributed by atoms with E-state index in [-0.39, 0.29) is 24.9 Å². The van der Waals surface area contributed by atoms with E-state index in [1.165, 1.54) is 0 Å². The van der Waals surface area contributed by atoms with Crippen molar-refractivity contribution in [1.29, 1.82) is 0 Å². The molecule has 0 spiro atoms. The number of imidazole rings is 1. The molecule has 12 heteroatoms. The van der Waals surface area contributed by atoms with Crippen LogP contribution >= 0.6 is 0 Å². The number of anilines is 1. The van der Waals surface area contributed by atoms with E-state index in [2.05, 4.69) is 15.6 Å². The van der Waals surface area contributed by atoms with E-state index < -0.39 is 12.1 Å². The summed E-state index contributed by atoms with van der Waals surface area (Å²) < 4.78 is 33.7. The van der Waals surface area contributed by atoms with Crippen LogP contribution in [0.4, 0.5) is 18.9 Å². The van der Waals surface area contributed by atoms with Crippen molar-refractivity contribution in [1.82, 2.24) is 14.9 Å². The van der Waals surface area contributed by atoms with E-state index in [1.54, 1.807) is 18.5 Å². The minimum absolute atomic E-state index is 0.0996. The highest BCUT2D eigenvalue weighted by Gasteiger charge is 2.38. The molecule has 0 atom stereocenters. The molecule has 0 radical (unpaired) electrons. The van der Waals surface area contributed by atoms with Crippen molar-refractivity contribution < 1.29 is 32.7 Å². The van der Waals surface area contributed by atoms with Gasteiger partial charge in [-0.05, 0) is 38.1 Å². The second-order valence-corrected chi connectivity index (χ2v) is 5.66. The number of aliphatic carboxylic acids is 1. The molecule has 5 N–H and O–H groups in total. The van der Waals surface area contributed by atoms with Crippen LogP contribution in [0.15, 0.2) is 30.6 Å². The molecule has 2 rings (SSSR count). The number of carbonyl (C=O) groups is 3. The van der Waals surface area contributed by atoms with Crippen molar-refractivity contribution in [2.45, 2.75) is 20.0 Å². The average molecular weight is 415 g/mol. The Labute approximate surface area is 163 Å². The Balaban J connectivity index is 0.000000516. The zero-order valence-corrected chi connectivity index (χ0v) is 15.6. The summed E-state index contributed by atoms with van der Waals surface area (Å²) in [7, 11) is 0. The molecule has 2 aromatic rings. The van der Waals surface area contributed by atoms with Crippen LogP contribution < -0.4 is 16.4 Å². The number of halogens is 3. The van der Waals surface area contributed by atoms with Gasteiger partial charge in [0.05, 0.1) is 25.1 Å². The van der Waals surface area contributed by atoms with Gasteiger partial charge < -0.3 is 26.0 Å². The number of carboxylic acids is 1. The zero-order chi connectivity index (χ0) is 22.2. The Hall–Kier alpha value is -3.41. The molecule has 2 amide bonds. The smallest absolute Gasteiger partial charge is 0.475 e. The summed E-state index contributed by atoms with van der Waals surface area (Å²) in [6.07, 6.45) is -3.32. The SMILES string of the molecule is Cc1ncn(-c2ccc(NC(=O)CNC(=O)CN)cc2)c1C.O=C(O)C(F)(F)F. The van der Waals surface area contributed by atoms with Gasteiger partial charge >= 0.3 is 12.1 Å². The van der Waals surface area contributed by atoms with Crippen molar-refractivity contribution >= 4 is 23.5 Å². The van der Waals surface area contributed by atoms with Crippen LogP contribution in [0, 0.1) is 13.8 Å². The molecule has 0 saturated carbocycles. The van der Waals surface area contributed by atoms with Gasteiger partial charge in [0.1, 0.15) is 0 Å². The Bertz CT molecular complexity index is 863. The number of nitrogens with one attached hydrogen (secondary N) is 2. The number of nitrogens with two attached hydrogens (primary N) is 1. The second-order valence-electron chi connectivity index (χ2n) is 5.66. The lowest BCUT2D eigenvalue weighted by Crippen LogP contribution is -2.36. The monoisotopic (exact) mass is 415 g/mol. The number of hydrogen-bond acceptors (Lipinski definition) is 5. The minimum Gasteiger partial charge on any atom is -0.475 e. The number of carboxylic acid groups (broad SMARTS) is 1. The first kappa shape index (κ1) is 23.6. The van der Waals surface area contributed by atoms with Crippen LogP contribution in [0.3, 0.4) is 0 Å². The highest BCUT2D eigenvalue weighted by Crippen LogP contribution is 2.16. The number of carbonyl (C=O) groups excluding carboxylic acids is 2. The van der Waals surface area contributed by atoms with Gasteiger partial charge in [-0.15, -0.1) is 0 Å². The van der Waals surface area contributed by atoms with Gasteiger partial charge in [0.15, 0.2) is 0 Å². The Morgan fingerprint density at radius 3 is 2.10 bits per heavy atom. The van der Waals surface area contributed by atoms with Crippen molar-refractivity contribution in [3.8, 4) is 5.69 Å². The van der Waals surface area contributed by atoms with Gasteiger partial charge in [0.25, 0.3) is 0 Å². The van der Waals surface area contributed by atoms with E-state index in [0.29, 0.717) is 5.69 Å². The lowest BCUT2D eigenvalue weighted by atomic mass is 10.2. The first-order chi connectivity index (χ1) is 13.5. The summed E-state index contributed by atoms with van der Waals surface area (Å²) >= 11 is 0. The summed E-state index contributed by atoms with van der Waals surface area (Å²) in [6.45, 7) is 3.72. The molecule has 158 valence electrons. The van der Waals surface area contributed by atoms with Crippen LogP contribution in [-0.4, -0.2) is 51.7 Å². The van der Waals surface area contributed by atoms with Crippen molar-refractivity contribution in [3.63, 3.8) is 0 Å². The third kappa shape index (κ3) is 7.62. The molecule has 9 nitrogen and oxygen atoms in total. The maximum absolute atomic E-state index is 11.7. The quantitative estimate of drug-likeness (QED) is 0.577. The Morgan fingerprint density at radius 1 is 1.14 bits per heavy atom. The summed E-state index contributed by atoms with van der Waals surface area (Å²) in [4.78, 5) is 35.8. The van der Waals surface area contributed by atoms with Crippen molar-refractivity contribution in [2.75, 3.05) is 18.4 Å². The lowest BCUT2D eigenvalue weighted by Gasteiger charge is -2.09. The number of hydrogen-bond donors (Lipinski definition) is 4. The van der Waals surface area contributed by atoms with Crippen LogP contribution in [0.1, 0.15) is 11.4 Å². The minimum atomic E-state index is -5.08. The van der Waals surface area contributed by atoms with E-state index in [1.807, 2.05) is 30.5 Å². The summed E-state index contributed by atoms with van der Waals surface area (Å²) in [6, 6.07) is 7.38. The average Bonchev–Trinajstić information content (AvgIpc) is 2.99. The number of benzene rings is 1. The summed E-state index contributed by atoms with van der Waals surface area (Å²) in [5.74, 6) is -3.42. The maximum atomic E-state index is 11.7. The van der Waals surface area contributed by atoms with E-state index in [9.17, 15) is 22.8 Å². The number of alkyl halides is 3. The van der Waals surface area contributed by atoms with Gasteiger partial charge in [0, 0.05) is 17.1 Å². The first-order valence-electron chi connectivity index (χ1n) is 8.13. The van der Waals surface area contributed by atoms with E-state index in [0.717, 1.165) is 17.1 Å². The van der Waals surface area contributed by atoms with Gasteiger partial charge in [-0.3, -0.25) is 9.59 Å². The van der Waals surface area contributed by atoms with Crippen molar-refractivity contribution in [2.24, 2.45) is 5.73 Å². The molecule has 1 aromatic heterocycles. The van der Waals surface area contributed by atoms with Gasteiger partial charge in [-0.2, -0.15) is 13.2 Å². The fraction of sp³-hybridized carbons (Fsp3) is 0.294. The Kier molecular flexibility index (Phi) is 8.33.